The van der Waals surface area contributed by atoms with Crippen LogP contribution in [0.5, 0.6) is 5.75 Å². The Hall–Kier alpha value is -1.03. The Labute approximate surface area is 129 Å². The summed E-state index contributed by atoms with van der Waals surface area (Å²) in [5.74, 6) is 0.825. The number of rotatable bonds is 6. The molecule has 0 saturated heterocycles. The predicted molar refractivity (Wildman–Crippen MR) is 86.8 cm³/mol. The average Bonchev–Trinajstić information content (AvgIpc) is 2.99. The van der Waals surface area contributed by atoms with Crippen LogP contribution in [0.3, 0.4) is 0 Å². The molecule has 108 valence electrons. The normalized spacial score (nSPS) is 14.0. The van der Waals surface area contributed by atoms with Crippen molar-refractivity contribution in [2.24, 2.45) is 5.73 Å². The third kappa shape index (κ3) is 3.54. The van der Waals surface area contributed by atoms with Gasteiger partial charge in [-0.2, -0.15) is 11.3 Å². The quantitative estimate of drug-likeness (QED) is 0.830. The molecule has 0 bridgehead atoms. The van der Waals surface area contributed by atoms with Gasteiger partial charge in [-0.15, -0.1) is 0 Å². The van der Waals surface area contributed by atoms with Crippen molar-refractivity contribution in [2.45, 2.75) is 38.8 Å². The summed E-state index contributed by atoms with van der Waals surface area (Å²) in [7, 11) is 0. The molecule has 2 atom stereocenters. The first-order chi connectivity index (χ1) is 9.65. The molecule has 0 saturated carbocycles. The van der Waals surface area contributed by atoms with E-state index in [0.29, 0.717) is 0 Å². The molecule has 1 aromatic carbocycles. The molecule has 20 heavy (non-hydrogen) atoms. The second-order valence-corrected chi connectivity index (χ2v) is 5.96. The number of halogens is 1. The first-order valence-corrected chi connectivity index (χ1v) is 8.20. The average molecular weight is 310 g/mol. The highest BCUT2D eigenvalue weighted by molar-refractivity contribution is 7.07. The zero-order valence-corrected chi connectivity index (χ0v) is 13.4. The fourth-order valence-electron chi connectivity index (χ4n) is 2.10. The monoisotopic (exact) mass is 309 g/mol. The Bertz CT molecular complexity index is 541. The van der Waals surface area contributed by atoms with Crippen molar-refractivity contribution < 1.29 is 4.74 Å². The molecular formula is C16H20ClNOS. The number of aryl methyl sites for hydroxylation is 1. The number of thiophene rings is 1. The maximum atomic E-state index is 6.21. The maximum Gasteiger partial charge on any atom is 0.140 e. The number of ether oxygens (including phenoxy) is 1. The molecule has 2 rings (SSSR count). The van der Waals surface area contributed by atoms with Crippen molar-refractivity contribution in [1.82, 2.24) is 0 Å². The molecule has 4 heteroatoms. The molecule has 0 fully saturated rings. The van der Waals surface area contributed by atoms with Gasteiger partial charge in [0, 0.05) is 16.6 Å². The van der Waals surface area contributed by atoms with Crippen LogP contribution in [0, 0.1) is 0 Å². The van der Waals surface area contributed by atoms with Crippen LogP contribution in [0.1, 0.15) is 37.5 Å². The van der Waals surface area contributed by atoms with Gasteiger partial charge in [0.15, 0.2) is 0 Å². The van der Waals surface area contributed by atoms with Crippen LogP contribution in [0.15, 0.2) is 35.0 Å². The summed E-state index contributed by atoms with van der Waals surface area (Å²) in [5, 5.41) is 4.93. The van der Waals surface area contributed by atoms with Crippen LogP contribution in [0.25, 0.3) is 0 Å². The van der Waals surface area contributed by atoms with E-state index in [1.807, 2.05) is 23.6 Å². The van der Waals surface area contributed by atoms with Gasteiger partial charge in [0.2, 0.25) is 0 Å². The van der Waals surface area contributed by atoms with Crippen LogP contribution < -0.4 is 10.5 Å². The van der Waals surface area contributed by atoms with Crippen LogP contribution in [0.2, 0.25) is 5.02 Å². The van der Waals surface area contributed by atoms with Crippen molar-refractivity contribution in [1.29, 1.82) is 0 Å². The number of nitrogens with two attached hydrogens (primary N) is 1. The molecule has 2 aromatic rings. The van der Waals surface area contributed by atoms with E-state index in [2.05, 4.69) is 25.3 Å². The molecule has 2 nitrogen and oxygen atoms in total. The van der Waals surface area contributed by atoms with Gasteiger partial charge >= 0.3 is 0 Å². The zero-order valence-electron chi connectivity index (χ0n) is 11.8. The van der Waals surface area contributed by atoms with Gasteiger partial charge in [-0.25, -0.2) is 0 Å². The number of hydrogen-bond acceptors (Lipinski definition) is 3. The lowest BCUT2D eigenvalue weighted by molar-refractivity contribution is 0.171. The van der Waals surface area contributed by atoms with Crippen LogP contribution in [0.4, 0.5) is 0 Å². The van der Waals surface area contributed by atoms with Gasteiger partial charge in [0.1, 0.15) is 11.9 Å². The molecule has 2 N–H and O–H groups in total. The molecular weight excluding hydrogens is 290 g/mol. The summed E-state index contributed by atoms with van der Waals surface area (Å²) < 4.78 is 6.13. The van der Waals surface area contributed by atoms with Crippen molar-refractivity contribution in [3.05, 3.63) is 51.2 Å². The smallest absolute Gasteiger partial charge is 0.140 e. The Morgan fingerprint density at radius 2 is 2.10 bits per heavy atom. The Morgan fingerprint density at radius 3 is 2.70 bits per heavy atom. The van der Waals surface area contributed by atoms with E-state index in [1.165, 1.54) is 0 Å². The molecule has 0 aliphatic rings. The summed E-state index contributed by atoms with van der Waals surface area (Å²) in [6.07, 6.45) is 1.64. The second-order valence-electron chi connectivity index (χ2n) is 4.77. The summed E-state index contributed by atoms with van der Waals surface area (Å²) in [6.45, 7) is 4.16. The van der Waals surface area contributed by atoms with Crippen LogP contribution in [-0.4, -0.2) is 6.04 Å². The zero-order chi connectivity index (χ0) is 14.5. The molecule has 2 unspecified atom stereocenters. The third-order valence-electron chi connectivity index (χ3n) is 3.39. The molecule has 0 spiro atoms. The van der Waals surface area contributed by atoms with E-state index in [9.17, 15) is 0 Å². The van der Waals surface area contributed by atoms with Gasteiger partial charge < -0.3 is 10.5 Å². The summed E-state index contributed by atoms with van der Waals surface area (Å²) >= 11 is 7.80. The minimum atomic E-state index is -0.114. The highest BCUT2D eigenvalue weighted by atomic mass is 35.5. The van der Waals surface area contributed by atoms with E-state index >= 15 is 0 Å². The van der Waals surface area contributed by atoms with E-state index in [4.69, 9.17) is 22.1 Å². The fourth-order valence-corrected chi connectivity index (χ4v) is 3.03. The van der Waals surface area contributed by atoms with Crippen LogP contribution >= 0.6 is 22.9 Å². The van der Waals surface area contributed by atoms with E-state index in [1.54, 1.807) is 11.3 Å². The molecule has 0 radical (unpaired) electrons. The van der Waals surface area contributed by atoms with Gasteiger partial charge in [0.05, 0.1) is 0 Å². The third-order valence-corrected chi connectivity index (χ3v) is 4.46. The SMILES string of the molecule is CCc1cc(OC(c2ccsc2)C(N)CC)ccc1Cl. The van der Waals surface area contributed by atoms with Crippen molar-refractivity contribution in [3.63, 3.8) is 0 Å². The largest absolute Gasteiger partial charge is 0.484 e. The van der Waals surface area contributed by atoms with E-state index in [-0.39, 0.29) is 12.1 Å². The lowest BCUT2D eigenvalue weighted by Crippen LogP contribution is -2.31. The highest BCUT2D eigenvalue weighted by Gasteiger charge is 2.21. The summed E-state index contributed by atoms with van der Waals surface area (Å²) in [4.78, 5) is 0. The maximum absolute atomic E-state index is 6.21. The Kier molecular flexibility index (Phi) is 5.46. The summed E-state index contributed by atoms with van der Waals surface area (Å²) in [6, 6.07) is 7.84. The predicted octanol–water partition coefficient (Wildman–Crippen LogP) is 4.82. The van der Waals surface area contributed by atoms with Crippen LogP contribution in [-0.2, 0) is 6.42 Å². The number of hydrogen-bond donors (Lipinski definition) is 1. The molecule has 0 amide bonds. The fraction of sp³-hybridized carbons (Fsp3) is 0.375. The lowest BCUT2D eigenvalue weighted by Gasteiger charge is -2.24. The first kappa shape index (κ1) is 15.4. The Morgan fingerprint density at radius 1 is 1.30 bits per heavy atom. The topological polar surface area (TPSA) is 35.2 Å². The minimum absolute atomic E-state index is 0.0228. The van der Waals surface area contributed by atoms with E-state index in [0.717, 1.165) is 34.7 Å². The van der Waals surface area contributed by atoms with Gasteiger partial charge in [-0.1, -0.05) is 25.4 Å². The first-order valence-electron chi connectivity index (χ1n) is 6.88. The standard InChI is InChI=1S/C16H20ClNOS/c1-3-11-9-13(5-6-14(11)17)19-16(15(18)4-2)12-7-8-20-10-12/h5-10,15-16H,3-4,18H2,1-2H3. The van der Waals surface area contributed by atoms with Gasteiger partial charge in [-0.3, -0.25) is 0 Å². The number of benzene rings is 1. The molecule has 1 aromatic heterocycles. The lowest BCUT2D eigenvalue weighted by atomic mass is 10.0. The van der Waals surface area contributed by atoms with Crippen molar-refractivity contribution in [3.8, 4) is 5.75 Å². The molecule has 1 heterocycles. The van der Waals surface area contributed by atoms with Crippen molar-refractivity contribution in [2.75, 3.05) is 0 Å². The van der Waals surface area contributed by atoms with Gasteiger partial charge in [0.25, 0.3) is 0 Å². The molecule has 0 aliphatic heterocycles. The Balaban J connectivity index is 2.24. The summed E-state index contributed by atoms with van der Waals surface area (Å²) in [5.41, 5.74) is 8.44. The highest BCUT2D eigenvalue weighted by Crippen LogP contribution is 2.29. The molecule has 0 aliphatic carbocycles. The van der Waals surface area contributed by atoms with E-state index < -0.39 is 0 Å². The second kappa shape index (κ2) is 7.11. The van der Waals surface area contributed by atoms with Gasteiger partial charge in [-0.05, 0) is 53.4 Å². The minimum Gasteiger partial charge on any atom is -0.484 e. The van der Waals surface area contributed by atoms with Crippen molar-refractivity contribution >= 4 is 22.9 Å².